The van der Waals surface area contributed by atoms with Crippen molar-refractivity contribution < 1.29 is 4.39 Å². The first-order valence-corrected chi connectivity index (χ1v) is 6.16. The molecule has 3 rings (SSSR count). The molecule has 1 aromatic heterocycles. The monoisotopic (exact) mass is 272 g/mol. The Balaban J connectivity index is 1.97. The lowest BCUT2D eigenvalue weighted by atomic mass is 10.2. The largest absolute Gasteiger partial charge is 0.306 e. The molecule has 0 bridgehead atoms. The third-order valence-electron chi connectivity index (χ3n) is 2.83. The zero-order chi connectivity index (χ0) is 13.2. The van der Waals surface area contributed by atoms with Crippen molar-refractivity contribution in [2.75, 3.05) is 0 Å². The summed E-state index contributed by atoms with van der Waals surface area (Å²) in [6.07, 6.45) is 3.56. The highest BCUT2D eigenvalue weighted by Crippen LogP contribution is 2.20. The second-order valence-corrected chi connectivity index (χ2v) is 4.59. The Kier molecular flexibility index (Phi) is 3.05. The van der Waals surface area contributed by atoms with Gasteiger partial charge in [-0.25, -0.2) is 9.37 Å². The molecule has 0 saturated heterocycles. The minimum Gasteiger partial charge on any atom is -0.306 e. The molecule has 2 nitrogen and oxygen atoms in total. The lowest BCUT2D eigenvalue weighted by Gasteiger charge is -2.01. The Bertz CT molecular complexity index is 704. The Morgan fingerprint density at radius 3 is 2.58 bits per heavy atom. The van der Waals surface area contributed by atoms with Crippen LogP contribution < -0.4 is 0 Å². The Morgan fingerprint density at radius 2 is 1.84 bits per heavy atom. The van der Waals surface area contributed by atoms with E-state index in [1.807, 2.05) is 41.1 Å². The first-order chi connectivity index (χ1) is 9.22. The normalized spacial score (nSPS) is 10.6. The maximum atomic E-state index is 13.2. The summed E-state index contributed by atoms with van der Waals surface area (Å²) in [4.78, 5) is 4.29. The highest BCUT2D eigenvalue weighted by Gasteiger charge is 2.04. The van der Waals surface area contributed by atoms with Crippen LogP contribution in [-0.4, -0.2) is 9.55 Å². The van der Waals surface area contributed by atoms with Crippen LogP contribution in [0.15, 0.2) is 61.1 Å². The van der Waals surface area contributed by atoms with Crippen LogP contribution in [-0.2, 0) is 0 Å². The number of hydrogen-bond donors (Lipinski definition) is 0. The number of aromatic nitrogens is 2. The van der Waals surface area contributed by atoms with Crippen LogP contribution in [0.1, 0.15) is 0 Å². The molecule has 0 aliphatic heterocycles. The lowest BCUT2D eigenvalue weighted by molar-refractivity contribution is 0.628. The second kappa shape index (κ2) is 4.86. The van der Waals surface area contributed by atoms with Gasteiger partial charge in [0.1, 0.15) is 5.82 Å². The van der Waals surface area contributed by atoms with Crippen molar-refractivity contribution in [3.05, 3.63) is 71.9 Å². The fourth-order valence-corrected chi connectivity index (χ4v) is 2.00. The van der Waals surface area contributed by atoms with Gasteiger partial charge in [0.15, 0.2) is 0 Å². The van der Waals surface area contributed by atoms with Gasteiger partial charge >= 0.3 is 0 Å². The summed E-state index contributed by atoms with van der Waals surface area (Å²) >= 11 is 5.85. The standard InChI is InChI=1S/C15H10ClFN2/c16-12-4-6-14(7-5-12)19-9-15(18-10-19)11-2-1-3-13(17)8-11/h1-10H. The van der Waals surface area contributed by atoms with Crippen molar-refractivity contribution in [3.63, 3.8) is 0 Å². The van der Waals surface area contributed by atoms with E-state index in [1.165, 1.54) is 12.1 Å². The summed E-state index contributed by atoms with van der Waals surface area (Å²) in [6.45, 7) is 0. The minimum atomic E-state index is -0.265. The fraction of sp³-hybridized carbons (Fsp3) is 0. The van der Waals surface area contributed by atoms with Crippen LogP contribution in [0.25, 0.3) is 16.9 Å². The molecule has 2 aromatic carbocycles. The second-order valence-electron chi connectivity index (χ2n) is 4.15. The van der Waals surface area contributed by atoms with Crippen molar-refractivity contribution in [2.24, 2.45) is 0 Å². The molecule has 0 spiro atoms. The smallest absolute Gasteiger partial charge is 0.123 e. The molecule has 0 unspecified atom stereocenters. The van der Waals surface area contributed by atoms with E-state index >= 15 is 0 Å². The SMILES string of the molecule is Fc1cccc(-c2cn(-c3ccc(Cl)cc3)cn2)c1. The van der Waals surface area contributed by atoms with Gasteiger partial charge in [0, 0.05) is 22.5 Å². The fourth-order valence-electron chi connectivity index (χ4n) is 1.87. The maximum absolute atomic E-state index is 13.2. The van der Waals surface area contributed by atoms with Gasteiger partial charge < -0.3 is 4.57 Å². The predicted molar refractivity (Wildman–Crippen MR) is 74.0 cm³/mol. The third-order valence-corrected chi connectivity index (χ3v) is 3.08. The third kappa shape index (κ3) is 2.51. The minimum absolute atomic E-state index is 0.265. The molecule has 0 N–H and O–H groups in total. The van der Waals surface area contributed by atoms with Crippen molar-refractivity contribution in [3.8, 4) is 16.9 Å². The van der Waals surface area contributed by atoms with Gasteiger partial charge in [-0.2, -0.15) is 0 Å². The number of benzene rings is 2. The zero-order valence-electron chi connectivity index (χ0n) is 9.92. The first-order valence-electron chi connectivity index (χ1n) is 5.78. The van der Waals surface area contributed by atoms with Gasteiger partial charge in [-0.3, -0.25) is 0 Å². The van der Waals surface area contributed by atoms with E-state index < -0.39 is 0 Å². The van der Waals surface area contributed by atoms with Crippen LogP contribution in [0.5, 0.6) is 0 Å². The van der Waals surface area contributed by atoms with E-state index in [9.17, 15) is 4.39 Å². The summed E-state index contributed by atoms with van der Waals surface area (Å²) in [5.74, 6) is -0.265. The van der Waals surface area contributed by atoms with E-state index in [0.29, 0.717) is 5.02 Å². The molecule has 94 valence electrons. The number of nitrogens with zero attached hydrogens (tertiary/aromatic N) is 2. The van der Waals surface area contributed by atoms with Crippen LogP contribution in [0.3, 0.4) is 0 Å². The molecule has 0 saturated carbocycles. The van der Waals surface area contributed by atoms with Crippen molar-refractivity contribution in [2.45, 2.75) is 0 Å². The molecule has 0 aliphatic rings. The first kappa shape index (κ1) is 11.9. The van der Waals surface area contributed by atoms with Gasteiger partial charge in [-0.05, 0) is 36.4 Å². The topological polar surface area (TPSA) is 17.8 Å². The number of imidazole rings is 1. The molecule has 19 heavy (non-hydrogen) atoms. The van der Waals surface area contributed by atoms with E-state index in [4.69, 9.17) is 11.6 Å². The quantitative estimate of drug-likeness (QED) is 0.679. The summed E-state index contributed by atoms with van der Waals surface area (Å²) in [6, 6.07) is 13.8. The van der Waals surface area contributed by atoms with Crippen LogP contribution in [0.2, 0.25) is 5.02 Å². The zero-order valence-corrected chi connectivity index (χ0v) is 10.7. The van der Waals surface area contributed by atoms with Gasteiger partial charge in [-0.15, -0.1) is 0 Å². The molecule has 0 amide bonds. The molecular formula is C15H10ClFN2. The molecule has 0 fully saturated rings. The number of rotatable bonds is 2. The number of hydrogen-bond acceptors (Lipinski definition) is 1. The molecule has 0 atom stereocenters. The maximum Gasteiger partial charge on any atom is 0.123 e. The molecular weight excluding hydrogens is 263 g/mol. The summed E-state index contributed by atoms with van der Waals surface area (Å²) < 4.78 is 15.0. The number of halogens is 2. The molecule has 4 heteroatoms. The van der Waals surface area contributed by atoms with Crippen molar-refractivity contribution in [1.29, 1.82) is 0 Å². The van der Waals surface area contributed by atoms with Gasteiger partial charge in [-0.1, -0.05) is 23.7 Å². The summed E-state index contributed by atoms with van der Waals surface area (Å²) in [5.41, 5.74) is 2.45. The van der Waals surface area contributed by atoms with Crippen LogP contribution in [0, 0.1) is 5.82 Å². The molecule has 3 aromatic rings. The average molecular weight is 273 g/mol. The summed E-state index contributed by atoms with van der Waals surface area (Å²) in [5, 5.41) is 0.689. The van der Waals surface area contributed by atoms with Crippen LogP contribution >= 0.6 is 11.6 Å². The molecule has 1 heterocycles. The predicted octanol–water partition coefficient (Wildman–Crippen LogP) is 4.33. The van der Waals surface area contributed by atoms with E-state index in [2.05, 4.69) is 4.98 Å². The lowest BCUT2D eigenvalue weighted by Crippen LogP contribution is -1.88. The Morgan fingerprint density at radius 1 is 1.05 bits per heavy atom. The molecule has 0 aliphatic carbocycles. The average Bonchev–Trinajstić information content (AvgIpc) is 2.89. The van der Waals surface area contributed by atoms with E-state index in [0.717, 1.165) is 16.9 Å². The van der Waals surface area contributed by atoms with E-state index in [1.54, 1.807) is 12.4 Å². The van der Waals surface area contributed by atoms with Gasteiger partial charge in [0.25, 0.3) is 0 Å². The highest BCUT2D eigenvalue weighted by molar-refractivity contribution is 6.30. The van der Waals surface area contributed by atoms with Crippen LogP contribution in [0.4, 0.5) is 4.39 Å². The van der Waals surface area contributed by atoms with Crippen molar-refractivity contribution >= 4 is 11.6 Å². The summed E-state index contributed by atoms with van der Waals surface area (Å²) in [7, 11) is 0. The molecule has 0 radical (unpaired) electrons. The Hall–Kier alpha value is -2.13. The van der Waals surface area contributed by atoms with E-state index in [-0.39, 0.29) is 5.82 Å². The van der Waals surface area contributed by atoms with Crippen molar-refractivity contribution in [1.82, 2.24) is 9.55 Å². The van der Waals surface area contributed by atoms with Gasteiger partial charge in [0.05, 0.1) is 12.0 Å². The van der Waals surface area contributed by atoms with Gasteiger partial charge in [0.2, 0.25) is 0 Å². The Labute approximate surface area is 115 Å². The highest BCUT2D eigenvalue weighted by atomic mass is 35.5.